The van der Waals surface area contributed by atoms with Crippen molar-refractivity contribution in [2.45, 2.75) is 24.2 Å². The van der Waals surface area contributed by atoms with E-state index in [-0.39, 0.29) is 16.4 Å². The van der Waals surface area contributed by atoms with Gasteiger partial charge in [0.05, 0.1) is 17.6 Å². The zero-order chi connectivity index (χ0) is 18.6. The van der Waals surface area contributed by atoms with Crippen molar-refractivity contribution in [3.63, 3.8) is 0 Å². The highest BCUT2D eigenvalue weighted by molar-refractivity contribution is 7.92. The molecule has 7 heteroatoms. The molecule has 1 heterocycles. The summed E-state index contributed by atoms with van der Waals surface area (Å²) in [5, 5.41) is 0. The van der Waals surface area contributed by atoms with Gasteiger partial charge in [0.2, 0.25) is 0 Å². The highest BCUT2D eigenvalue weighted by Gasteiger charge is 2.24. The van der Waals surface area contributed by atoms with Gasteiger partial charge in [-0.25, -0.2) is 8.42 Å². The Morgan fingerprint density at radius 3 is 2.38 bits per heavy atom. The number of amides is 1. The molecule has 1 fully saturated rings. The molecule has 0 saturated carbocycles. The van der Waals surface area contributed by atoms with Crippen LogP contribution in [0.5, 0.6) is 5.75 Å². The van der Waals surface area contributed by atoms with Crippen LogP contribution >= 0.6 is 0 Å². The predicted molar refractivity (Wildman–Crippen MR) is 100.0 cm³/mol. The maximum absolute atomic E-state index is 12.8. The molecule has 0 aromatic heterocycles. The second-order valence-electron chi connectivity index (χ2n) is 6.19. The lowest BCUT2D eigenvalue weighted by atomic mass is 10.1. The van der Waals surface area contributed by atoms with Crippen molar-refractivity contribution < 1.29 is 17.9 Å². The molecule has 0 spiro atoms. The average Bonchev–Trinajstić information content (AvgIpc) is 2.68. The molecular formula is C19H22N2O4S. The lowest BCUT2D eigenvalue weighted by Gasteiger charge is -2.27. The fraction of sp³-hybridized carbons (Fsp3) is 0.316. The molecule has 26 heavy (non-hydrogen) atoms. The molecule has 1 saturated heterocycles. The molecule has 138 valence electrons. The first-order chi connectivity index (χ1) is 12.5. The number of hydrogen-bond donors (Lipinski definition) is 1. The number of benzene rings is 2. The summed E-state index contributed by atoms with van der Waals surface area (Å²) in [5.41, 5.74) is 0.734. The number of carbonyl (C=O) groups is 1. The number of para-hydroxylation sites is 1. The first kappa shape index (κ1) is 18.3. The van der Waals surface area contributed by atoms with E-state index in [2.05, 4.69) is 4.72 Å². The zero-order valence-electron chi connectivity index (χ0n) is 14.6. The van der Waals surface area contributed by atoms with Crippen LogP contribution in [0.2, 0.25) is 0 Å². The molecule has 0 unspecified atom stereocenters. The summed E-state index contributed by atoms with van der Waals surface area (Å²) in [6, 6.07) is 13.0. The molecule has 2 aromatic carbocycles. The third kappa shape index (κ3) is 3.99. The molecule has 1 amide bonds. The van der Waals surface area contributed by atoms with Crippen LogP contribution < -0.4 is 9.46 Å². The summed E-state index contributed by atoms with van der Waals surface area (Å²) in [6.07, 6.45) is 3.03. The number of nitrogens with zero attached hydrogens (tertiary/aromatic N) is 1. The van der Waals surface area contributed by atoms with E-state index in [1.54, 1.807) is 35.2 Å². The topological polar surface area (TPSA) is 75.7 Å². The lowest BCUT2D eigenvalue weighted by molar-refractivity contribution is 0.0720. The Morgan fingerprint density at radius 2 is 1.73 bits per heavy atom. The van der Waals surface area contributed by atoms with Crippen LogP contribution in [-0.4, -0.2) is 39.4 Å². The number of hydrogen-bond acceptors (Lipinski definition) is 4. The molecule has 0 aliphatic carbocycles. The first-order valence-corrected chi connectivity index (χ1v) is 10.0. The van der Waals surface area contributed by atoms with Gasteiger partial charge in [-0.2, -0.15) is 0 Å². The van der Waals surface area contributed by atoms with Crippen molar-refractivity contribution in [1.29, 1.82) is 0 Å². The highest BCUT2D eigenvalue weighted by atomic mass is 32.2. The van der Waals surface area contributed by atoms with Gasteiger partial charge in [0, 0.05) is 18.8 Å². The van der Waals surface area contributed by atoms with Gasteiger partial charge in [-0.3, -0.25) is 9.52 Å². The van der Waals surface area contributed by atoms with Gasteiger partial charge in [0.25, 0.3) is 15.9 Å². The summed E-state index contributed by atoms with van der Waals surface area (Å²) in [5.74, 6) is 0.178. The molecule has 1 aliphatic heterocycles. The van der Waals surface area contributed by atoms with E-state index in [4.69, 9.17) is 4.74 Å². The van der Waals surface area contributed by atoms with Crippen molar-refractivity contribution in [1.82, 2.24) is 4.90 Å². The van der Waals surface area contributed by atoms with E-state index in [1.807, 2.05) is 0 Å². The number of sulfonamides is 1. The average molecular weight is 374 g/mol. The minimum atomic E-state index is -3.80. The number of anilines is 1. The van der Waals surface area contributed by atoms with Gasteiger partial charge < -0.3 is 9.64 Å². The van der Waals surface area contributed by atoms with Crippen molar-refractivity contribution in [2.75, 3.05) is 24.9 Å². The van der Waals surface area contributed by atoms with Gasteiger partial charge in [0.15, 0.2) is 0 Å². The minimum Gasteiger partial charge on any atom is -0.496 e. The second kappa shape index (κ2) is 7.78. The van der Waals surface area contributed by atoms with Gasteiger partial charge >= 0.3 is 0 Å². The number of likely N-dealkylation sites (tertiary alicyclic amines) is 1. The summed E-state index contributed by atoms with van der Waals surface area (Å²) >= 11 is 0. The van der Waals surface area contributed by atoms with E-state index >= 15 is 0 Å². The third-order valence-corrected chi connectivity index (χ3v) is 5.76. The van der Waals surface area contributed by atoms with Crippen molar-refractivity contribution in [3.05, 3.63) is 54.1 Å². The Labute approximate surface area is 153 Å². The molecule has 6 nitrogen and oxygen atoms in total. The van der Waals surface area contributed by atoms with Crippen molar-refractivity contribution in [3.8, 4) is 5.75 Å². The van der Waals surface area contributed by atoms with Crippen LogP contribution in [0, 0.1) is 0 Å². The van der Waals surface area contributed by atoms with E-state index in [0.717, 1.165) is 19.3 Å². The van der Waals surface area contributed by atoms with Gasteiger partial charge in [-0.05, 0) is 49.6 Å². The zero-order valence-corrected chi connectivity index (χ0v) is 15.5. The molecule has 3 rings (SSSR count). The fourth-order valence-corrected chi connectivity index (χ4v) is 4.09. The van der Waals surface area contributed by atoms with Crippen LogP contribution in [0.3, 0.4) is 0 Å². The van der Waals surface area contributed by atoms with E-state index < -0.39 is 10.0 Å². The van der Waals surface area contributed by atoms with Gasteiger partial charge in [-0.15, -0.1) is 0 Å². The summed E-state index contributed by atoms with van der Waals surface area (Å²) < 4.78 is 33.2. The molecule has 1 N–H and O–H groups in total. The monoisotopic (exact) mass is 374 g/mol. The third-order valence-electron chi connectivity index (χ3n) is 4.38. The number of carbonyl (C=O) groups excluding carboxylic acids is 1. The number of rotatable bonds is 5. The molecule has 0 bridgehead atoms. The normalized spacial score (nSPS) is 14.7. The van der Waals surface area contributed by atoms with E-state index in [9.17, 15) is 13.2 Å². The summed E-state index contributed by atoms with van der Waals surface area (Å²) in [7, 11) is -2.33. The standard InChI is InChI=1S/C19H22N2O4S/c1-25-18-11-10-16(26(23,24)20-15-8-4-2-5-9-15)14-17(18)19(22)21-12-6-3-7-13-21/h2,4-5,8-11,14,20H,3,6-7,12-13H2,1H3. The predicted octanol–water partition coefficient (Wildman–Crippen LogP) is 3.12. The van der Waals surface area contributed by atoms with Crippen LogP contribution in [-0.2, 0) is 10.0 Å². The van der Waals surface area contributed by atoms with Gasteiger partial charge in [-0.1, -0.05) is 18.2 Å². The number of piperidine rings is 1. The molecular weight excluding hydrogens is 352 g/mol. The number of nitrogens with one attached hydrogen (secondary N) is 1. The van der Waals surface area contributed by atoms with E-state index in [0.29, 0.717) is 24.5 Å². The maximum atomic E-state index is 12.8. The van der Waals surface area contributed by atoms with Crippen LogP contribution in [0.1, 0.15) is 29.6 Å². The molecule has 2 aromatic rings. The lowest BCUT2D eigenvalue weighted by Crippen LogP contribution is -2.35. The highest BCUT2D eigenvalue weighted by Crippen LogP contribution is 2.26. The van der Waals surface area contributed by atoms with E-state index in [1.165, 1.54) is 25.3 Å². The molecule has 1 aliphatic rings. The fourth-order valence-electron chi connectivity index (χ4n) is 3.01. The maximum Gasteiger partial charge on any atom is 0.261 e. The Balaban J connectivity index is 1.92. The number of methoxy groups -OCH3 is 1. The Hall–Kier alpha value is -2.54. The van der Waals surface area contributed by atoms with Crippen LogP contribution in [0.25, 0.3) is 0 Å². The van der Waals surface area contributed by atoms with Crippen molar-refractivity contribution in [2.24, 2.45) is 0 Å². The SMILES string of the molecule is COc1ccc(S(=O)(=O)Nc2ccccc2)cc1C(=O)N1CCCCC1. The Kier molecular flexibility index (Phi) is 5.46. The molecule has 0 atom stereocenters. The van der Waals surface area contributed by atoms with Crippen LogP contribution in [0.15, 0.2) is 53.4 Å². The van der Waals surface area contributed by atoms with Crippen molar-refractivity contribution >= 4 is 21.6 Å². The van der Waals surface area contributed by atoms with Crippen LogP contribution in [0.4, 0.5) is 5.69 Å². The van der Waals surface area contributed by atoms with Gasteiger partial charge in [0.1, 0.15) is 5.75 Å². The summed E-state index contributed by atoms with van der Waals surface area (Å²) in [6.45, 7) is 1.36. The Bertz CT molecular complexity index is 876. The minimum absolute atomic E-state index is 0.0301. The first-order valence-electron chi connectivity index (χ1n) is 8.56. The molecule has 0 radical (unpaired) electrons. The summed E-state index contributed by atoms with van der Waals surface area (Å²) in [4.78, 5) is 14.6. The smallest absolute Gasteiger partial charge is 0.261 e. The second-order valence-corrected chi connectivity index (χ2v) is 7.87. The number of ether oxygens (including phenoxy) is 1. The quantitative estimate of drug-likeness (QED) is 0.872. The Morgan fingerprint density at radius 1 is 1.04 bits per heavy atom. The largest absolute Gasteiger partial charge is 0.496 e.